The molecular formula is C12H17N3S. The van der Waals surface area contributed by atoms with E-state index >= 15 is 0 Å². The molecule has 3 nitrogen and oxygen atoms in total. The van der Waals surface area contributed by atoms with Crippen molar-refractivity contribution in [3.8, 4) is 0 Å². The van der Waals surface area contributed by atoms with Crippen LogP contribution in [0.25, 0.3) is 0 Å². The van der Waals surface area contributed by atoms with Crippen LogP contribution in [0.2, 0.25) is 0 Å². The highest BCUT2D eigenvalue weighted by Gasteiger charge is 2.07. The standard InChI is InChI=1S/C12H17N3S/c1-3-10-4-5-11(16-10)9(2)15-8-12-13-6-7-14-12/h4-7,9,15H,3,8H2,1-2H3,(H,13,14). The molecule has 0 saturated heterocycles. The van der Waals surface area contributed by atoms with Crippen molar-refractivity contribution in [1.29, 1.82) is 0 Å². The van der Waals surface area contributed by atoms with E-state index < -0.39 is 0 Å². The molecule has 0 fully saturated rings. The first-order chi connectivity index (χ1) is 7.79. The van der Waals surface area contributed by atoms with Crippen LogP contribution >= 0.6 is 11.3 Å². The maximum Gasteiger partial charge on any atom is 0.120 e. The molecule has 1 atom stereocenters. The lowest BCUT2D eigenvalue weighted by molar-refractivity contribution is 0.569. The number of rotatable bonds is 5. The van der Waals surface area contributed by atoms with E-state index in [-0.39, 0.29) is 0 Å². The van der Waals surface area contributed by atoms with E-state index in [0.717, 1.165) is 18.8 Å². The predicted octanol–water partition coefficient (Wildman–Crippen LogP) is 2.88. The van der Waals surface area contributed by atoms with E-state index in [0.29, 0.717) is 6.04 Å². The van der Waals surface area contributed by atoms with Crippen molar-refractivity contribution in [2.24, 2.45) is 0 Å². The number of thiophene rings is 1. The highest BCUT2D eigenvalue weighted by molar-refractivity contribution is 7.12. The molecule has 0 radical (unpaired) electrons. The van der Waals surface area contributed by atoms with Crippen LogP contribution in [0.5, 0.6) is 0 Å². The number of aromatic amines is 1. The summed E-state index contributed by atoms with van der Waals surface area (Å²) < 4.78 is 0. The van der Waals surface area contributed by atoms with Crippen molar-refractivity contribution in [3.05, 3.63) is 40.1 Å². The maximum atomic E-state index is 4.19. The van der Waals surface area contributed by atoms with E-state index in [9.17, 15) is 0 Å². The minimum atomic E-state index is 0.385. The second-order valence-corrected chi connectivity index (χ2v) is 5.00. The smallest absolute Gasteiger partial charge is 0.120 e. The van der Waals surface area contributed by atoms with Gasteiger partial charge in [-0.15, -0.1) is 11.3 Å². The molecular weight excluding hydrogens is 218 g/mol. The molecule has 2 rings (SSSR count). The number of nitrogens with zero attached hydrogens (tertiary/aromatic N) is 1. The molecule has 16 heavy (non-hydrogen) atoms. The zero-order valence-electron chi connectivity index (χ0n) is 9.66. The van der Waals surface area contributed by atoms with E-state index in [2.05, 4.69) is 41.3 Å². The topological polar surface area (TPSA) is 40.7 Å². The van der Waals surface area contributed by atoms with Gasteiger partial charge in [-0.05, 0) is 25.5 Å². The largest absolute Gasteiger partial charge is 0.348 e. The second kappa shape index (κ2) is 5.27. The summed E-state index contributed by atoms with van der Waals surface area (Å²) in [5.74, 6) is 0.985. The Balaban J connectivity index is 1.90. The van der Waals surface area contributed by atoms with E-state index in [1.807, 2.05) is 17.5 Å². The molecule has 0 aromatic carbocycles. The van der Waals surface area contributed by atoms with Gasteiger partial charge in [0.15, 0.2) is 0 Å². The van der Waals surface area contributed by atoms with Gasteiger partial charge in [0.05, 0.1) is 6.54 Å². The molecule has 1 unspecified atom stereocenters. The Hall–Kier alpha value is -1.13. The van der Waals surface area contributed by atoms with Crippen LogP contribution in [0.15, 0.2) is 24.5 Å². The van der Waals surface area contributed by atoms with Crippen molar-refractivity contribution < 1.29 is 0 Å². The summed E-state index contributed by atoms with van der Waals surface area (Å²) in [7, 11) is 0. The molecule has 86 valence electrons. The lowest BCUT2D eigenvalue weighted by Crippen LogP contribution is -2.17. The van der Waals surface area contributed by atoms with Gasteiger partial charge < -0.3 is 10.3 Å². The average molecular weight is 235 g/mol. The normalized spacial score (nSPS) is 12.9. The Labute approximate surface area is 99.9 Å². The highest BCUT2D eigenvalue weighted by Crippen LogP contribution is 2.23. The first-order valence-electron chi connectivity index (χ1n) is 5.60. The first-order valence-corrected chi connectivity index (χ1v) is 6.41. The predicted molar refractivity (Wildman–Crippen MR) is 67.5 cm³/mol. The van der Waals surface area contributed by atoms with Gasteiger partial charge in [-0.3, -0.25) is 0 Å². The minimum Gasteiger partial charge on any atom is -0.348 e. The molecule has 2 aromatic rings. The van der Waals surface area contributed by atoms with Crippen molar-refractivity contribution in [2.75, 3.05) is 0 Å². The number of hydrogen-bond acceptors (Lipinski definition) is 3. The Morgan fingerprint density at radius 3 is 3.00 bits per heavy atom. The molecule has 0 spiro atoms. The maximum absolute atomic E-state index is 4.19. The molecule has 0 aliphatic rings. The molecule has 0 amide bonds. The van der Waals surface area contributed by atoms with Crippen LogP contribution in [-0.4, -0.2) is 9.97 Å². The molecule has 2 N–H and O–H groups in total. The van der Waals surface area contributed by atoms with Crippen LogP contribution in [0.3, 0.4) is 0 Å². The van der Waals surface area contributed by atoms with Crippen molar-refractivity contribution in [1.82, 2.24) is 15.3 Å². The average Bonchev–Trinajstić information content (AvgIpc) is 2.96. The number of hydrogen-bond donors (Lipinski definition) is 2. The molecule has 0 bridgehead atoms. The lowest BCUT2D eigenvalue weighted by atomic mass is 10.2. The zero-order valence-corrected chi connectivity index (χ0v) is 10.5. The van der Waals surface area contributed by atoms with Gasteiger partial charge in [-0.25, -0.2) is 4.98 Å². The lowest BCUT2D eigenvalue weighted by Gasteiger charge is -2.10. The fourth-order valence-electron chi connectivity index (χ4n) is 1.56. The van der Waals surface area contributed by atoms with Gasteiger partial charge in [-0.1, -0.05) is 6.92 Å². The first kappa shape index (κ1) is 11.4. The van der Waals surface area contributed by atoms with Crippen LogP contribution < -0.4 is 5.32 Å². The Kier molecular flexibility index (Phi) is 3.74. The summed E-state index contributed by atoms with van der Waals surface area (Å²) >= 11 is 1.89. The zero-order chi connectivity index (χ0) is 11.4. The van der Waals surface area contributed by atoms with Crippen LogP contribution in [0.1, 0.15) is 35.5 Å². The molecule has 2 heterocycles. The van der Waals surface area contributed by atoms with Gasteiger partial charge >= 0.3 is 0 Å². The second-order valence-electron chi connectivity index (χ2n) is 3.80. The number of imidazole rings is 1. The summed E-state index contributed by atoms with van der Waals surface area (Å²) in [6.07, 6.45) is 4.75. The van der Waals surface area contributed by atoms with Gasteiger partial charge in [0, 0.05) is 28.2 Å². The number of H-pyrrole nitrogens is 1. The van der Waals surface area contributed by atoms with E-state index in [4.69, 9.17) is 0 Å². The Morgan fingerprint density at radius 2 is 2.38 bits per heavy atom. The Bertz CT molecular complexity index is 419. The fraction of sp³-hybridized carbons (Fsp3) is 0.417. The van der Waals surface area contributed by atoms with Crippen molar-refractivity contribution in [3.63, 3.8) is 0 Å². The quantitative estimate of drug-likeness (QED) is 0.836. The summed E-state index contributed by atoms with van der Waals surface area (Å²) in [5, 5.41) is 3.46. The third kappa shape index (κ3) is 2.71. The van der Waals surface area contributed by atoms with Crippen LogP contribution in [0, 0.1) is 0 Å². The monoisotopic (exact) mass is 235 g/mol. The summed E-state index contributed by atoms with van der Waals surface area (Å²) in [4.78, 5) is 10.1. The molecule has 0 aliphatic heterocycles. The number of aromatic nitrogens is 2. The van der Waals surface area contributed by atoms with Crippen LogP contribution in [0.4, 0.5) is 0 Å². The summed E-state index contributed by atoms with van der Waals surface area (Å²) in [6.45, 7) is 5.16. The number of aryl methyl sites for hydroxylation is 1. The molecule has 0 saturated carbocycles. The fourth-order valence-corrected chi connectivity index (χ4v) is 2.54. The molecule has 0 aliphatic carbocycles. The summed E-state index contributed by atoms with van der Waals surface area (Å²) in [6, 6.07) is 4.81. The Morgan fingerprint density at radius 1 is 1.50 bits per heavy atom. The van der Waals surface area contributed by atoms with E-state index in [1.165, 1.54) is 9.75 Å². The number of nitrogens with one attached hydrogen (secondary N) is 2. The SMILES string of the molecule is CCc1ccc(C(C)NCc2ncc[nH]2)s1. The van der Waals surface area contributed by atoms with Crippen LogP contribution in [-0.2, 0) is 13.0 Å². The van der Waals surface area contributed by atoms with Crippen molar-refractivity contribution >= 4 is 11.3 Å². The van der Waals surface area contributed by atoms with Gasteiger partial charge in [-0.2, -0.15) is 0 Å². The van der Waals surface area contributed by atoms with Gasteiger partial charge in [0.2, 0.25) is 0 Å². The minimum absolute atomic E-state index is 0.385. The highest BCUT2D eigenvalue weighted by atomic mass is 32.1. The van der Waals surface area contributed by atoms with Gasteiger partial charge in [0.25, 0.3) is 0 Å². The van der Waals surface area contributed by atoms with E-state index in [1.54, 1.807) is 6.20 Å². The van der Waals surface area contributed by atoms with Gasteiger partial charge in [0.1, 0.15) is 5.82 Å². The third-order valence-corrected chi connectivity index (χ3v) is 4.00. The third-order valence-electron chi connectivity index (χ3n) is 2.59. The van der Waals surface area contributed by atoms with Crippen molar-refractivity contribution in [2.45, 2.75) is 32.9 Å². The molecule has 2 aromatic heterocycles. The molecule has 4 heteroatoms. The summed E-state index contributed by atoms with van der Waals surface area (Å²) in [5.41, 5.74) is 0.